The van der Waals surface area contributed by atoms with Gasteiger partial charge in [-0.3, -0.25) is 4.79 Å². The number of amides is 1. The molecule has 0 aromatic carbocycles. The number of nitrogens with one attached hydrogen (secondary N) is 1. The molecule has 3 rings (SSSR count). The second kappa shape index (κ2) is 6.66. The van der Waals surface area contributed by atoms with Crippen LogP contribution in [0.2, 0.25) is 0 Å². The molecule has 6 heteroatoms. The summed E-state index contributed by atoms with van der Waals surface area (Å²) in [6.07, 6.45) is 6.38. The smallest absolute Gasteiger partial charge is 0.256 e. The Labute approximate surface area is 136 Å². The molecule has 1 amide bonds. The third-order valence-corrected chi connectivity index (χ3v) is 4.27. The van der Waals surface area contributed by atoms with Gasteiger partial charge in [0.05, 0.1) is 6.20 Å². The van der Waals surface area contributed by atoms with Crippen LogP contribution in [0.25, 0.3) is 5.65 Å². The highest BCUT2D eigenvalue weighted by Gasteiger charge is 2.24. The van der Waals surface area contributed by atoms with Gasteiger partial charge >= 0.3 is 0 Å². The topological polar surface area (TPSA) is 62.5 Å². The molecule has 1 aliphatic heterocycles. The van der Waals surface area contributed by atoms with E-state index in [2.05, 4.69) is 34.1 Å². The molecule has 3 heterocycles. The number of hydrogen-bond donors (Lipinski definition) is 1. The summed E-state index contributed by atoms with van der Waals surface area (Å²) in [6.45, 7) is 10.5. The Balaban J connectivity index is 1.57. The highest BCUT2D eigenvalue weighted by atomic mass is 16.1. The Morgan fingerprint density at radius 1 is 1.43 bits per heavy atom. The molecule has 2 aromatic heterocycles. The van der Waals surface area contributed by atoms with Crippen LogP contribution < -0.4 is 5.32 Å². The van der Waals surface area contributed by atoms with Gasteiger partial charge in [-0.15, -0.1) is 0 Å². The fourth-order valence-electron chi connectivity index (χ4n) is 3.22. The lowest BCUT2D eigenvalue weighted by Crippen LogP contribution is -2.31. The van der Waals surface area contributed by atoms with Crippen LogP contribution in [0.5, 0.6) is 0 Å². The highest BCUT2D eigenvalue weighted by Crippen LogP contribution is 2.17. The molecule has 0 spiro atoms. The van der Waals surface area contributed by atoms with Gasteiger partial charge in [0.2, 0.25) is 0 Å². The van der Waals surface area contributed by atoms with Crippen LogP contribution in [0.1, 0.15) is 36.2 Å². The summed E-state index contributed by atoms with van der Waals surface area (Å²) >= 11 is 0. The first kappa shape index (κ1) is 15.9. The van der Waals surface area contributed by atoms with Crippen molar-refractivity contribution in [1.82, 2.24) is 24.8 Å². The number of likely N-dealkylation sites (tertiary alicyclic amines) is 1. The van der Waals surface area contributed by atoms with Crippen molar-refractivity contribution in [2.75, 3.05) is 26.2 Å². The fourth-order valence-corrected chi connectivity index (χ4v) is 3.22. The maximum atomic E-state index is 12.4. The van der Waals surface area contributed by atoms with Crippen molar-refractivity contribution in [1.29, 1.82) is 0 Å². The summed E-state index contributed by atoms with van der Waals surface area (Å²) in [4.78, 5) is 19.2. The van der Waals surface area contributed by atoms with Gasteiger partial charge in [0.25, 0.3) is 5.91 Å². The molecule has 23 heavy (non-hydrogen) atoms. The van der Waals surface area contributed by atoms with Crippen LogP contribution in [-0.4, -0.2) is 51.6 Å². The van der Waals surface area contributed by atoms with Gasteiger partial charge in [-0.2, -0.15) is 5.10 Å². The SMILES string of the molecule is Cc1cnc2c(C(=O)NC[C@@H]3CCN(CC(C)C)C3)cnn2c1. The van der Waals surface area contributed by atoms with Crippen LogP contribution in [0, 0.1) is 18.8 Å². The van der Waals surface area contributed by atoms with E-state index in [-0.39, 0.29) is 5.91 Å². The van der Waals surface area contributed by atoms with Crippen molar-refractivity contribution in [2.45, 2.75) is 27.2 Å². The lowest BCUT2D eigenvalue weighted by Gasteiger charge is -2.18. The molecule has 0 radical (unpaired) electrons. The molecule has 0 bridgehead atoms. The van der Waals surface area contributed by atoms with Crippen LogP contribution in [0.15, 0.2) is 18.6 Å². The average molecular weight is 315 g/mol. The fraction of sp³-hybridized carbons (Fsp3) is 0.588. The van der Waals surface area contributed by atoms with E-state index in [4.69, 9.17) is 0 Å². The quantitative estimate of drug-likeness (QED) is 0.913. The van der Waals surface area contributed by atoms with E-state index in [0.29, 0.717) is 23.0 Å². The van der Waals surface area contributed by atoms with Gasteiger partial charge in [0, 0.05) is 32.0 Å². The third-order valence-electron chi connectivity index (χ3n) is 4.27. The molecular formula is C17H25N5O. The number of nitrogens with zero attached hydrogens (tertiary/aromatic N) is 4. The number of carbonyl (C=O) groups is 1. The molecule has 0 saturated carbocycles. The van der Waals surface area contributed by atoms with E-state index >= 15 is 0 Å². The van der Waals surface area contributed by atoms with E-state index in [1.54, 1.807) is 16.9 Å². The summed E-state index contributed by atoms with van der Waals surface area (Å²) < 4.78 is 1.66. The van der Waals surface area contributed by atoms with E-state index < -0.39 is 0 Å². The van der Waals surface area contributed by atoms with Gasteiger partial charge in [-0.25, -0.2) is 9.50 Å². The normalized spacial score (nSPS) is 18.9. The monoisotopic (exact) mass is 315 g/mol. The Kier molecular flexibility index (Phi) is 4.61. The number of hydrogen-bond acceptors (Lipinski definition) is 4. The van der Waals surface area contributed by atoms with E-state index in [1.165, 1.54) is 0 Å². The summed E-state index contributed by atoms with van der Waals surface area (Å²) in [5.74, 6) is 1.14. The Hall–Kier alpha value is -1.95. The lowest BCUT2D eigenvalue weighted by molar-refractivity contribution is 0.0948. The first-order valence-corrected chi connectivity index (χ1v) is 8.33. The summed E-state index contributed by atoms with van der Waals surface area (Å²) in [6, 6.07) is 0. The van der Waals surface area contributed by atoms with Gasteiger partial charge in [0.15, 0.2) is 5.65 Å². The molecule has 6 nitrogen and oxygen atoms in total. The average Bonchev–Trinajstić information content (AvgIpc) is 3.10. The maximum Gasteiger partial charge on any atom is 0.256 e. The molecule has 1 aliphatic rings. The highest BCUT2D eigenvalue weighted by molar-refractivity contribution is 5.99. The van der Waals surface area contributed by atoms with Gasteiger partial charge in [0.1, 0.15) is 5.56 Å². The third kappa shape index (κ3) is 3.69. The molecule has 124 valence electrons. The number of carbonyl (C=O) groups excluding carboxylic acids is 1. The zero-order chi connectivity index (χ0) is 16.4. The van der Waals surface area contributed by atoms with Gasteiger partial charge in [-0.1, -0.05) is 13.8 Å². The number of aryl methyl sites for hydroxylation is 1. The Morgan fingerprint density at radius 3 is 3.04 bits per heavy atom. The molecule has 0 aliphatic carbocycles. The van der Waals surface area contributed by atoms with Crippen molar-refractivity contribution in [3.05, 3.63) is 29.7 Å². The summed E-state index contributed by atoms with van der Waals surface area (Å²) in [7, 11) is 0. The minimum atomic E-state index is -0.0846. The summed E-state index contributed by atoms with van der Waals surface area (Å²) in [5, 5.41) is 7.26. The standard InChI is InChI=1S/C17H25N5O/c1-12(2)9-21-5-4-14(11-21)7-19-17(23)15-8-20-22-10-13(3)6-18-16(15)22/h6,8,10,12,14H,4-5,7,9,11H2,1-3H3,(H,19,23)/t14-/m0/s1. The molecule has 1 saturated heterocycles. The number of fused-ring (bicyclic) bond motifs is 1. The molecule has 1 fully saturated rings. The first-order valence-electron chi connectivity index (χ1n) is 8.33. The minimum Gasteiger partial charge on any atom is -0.352 e. The van der Waals surface area contributed by atoms with Crippen molar-refractivity contribution < 1.29 is 4.79 Å². The predicted octanol–water partition coefficient (Wildman–Crippen LogP) is 1.75. The second-order valence-corrected chi connectivity index (χ2v) is 6.98. The van der Waals surface area contributed by atoms with Crippen LogP contribution in [0.3, 0.4) is 0 Å². The second-order valence-electron chi connectivity index (χ2n) is 6.98. The lowest BCUT2D eigenvalue weighted by atomic mass is 10.1. The minimum absolute atomic E-state index is 0.0846. The van der Waals surface area contributed by atoms with Crippen LogP contribution >= 0.6 is 0 Å². The zero-order valence-electron chi connectivity index (χ0n) is 14.1. The molecule has 1 atom stereocenters. The zero-order valence-corrected chi connectivity index (χ0v) is 14.1. The predicted molar refractivity (Wildman–Crippen MR) is 89.4 cm³/mol. The van der Waals surface area contributed by atoms with E-state index in [0.717, 1.165) is 38.2 Å². The van der Waals surface area contributed by atoms with Gasteiger partial charge < -0.3 is 10.2 Å². The van der Waals surface area contributed by atoms with E-state index in [1.807, 2.05) is 13.1 Å². The van der Waals surface area contributed by atoms with Crippen LogP contribution in [0.4, 0.5) is 0 Å². The number of rotatable bonds is 5. The van der Waals surface area contributed by atoms with Crippen molar-refractivity contribution in [3.63, 3.8) is 0 Å². The number of aromatic nitrogens is 3. The van der Waals surface area contributed by atoms with E-state index in [9.17, 15) is 4.79 Å². The molecule has 0 unspecified atom stereocenters. The van der Waals surface area contributed by atoms with Crippen molar-refractivity contribution in [2.24, 2.45) is 11.8 Å². The van der Waals surface area contributed by atoms with Crippen molar-refractivity contribution in [3.8, 4) is 0 Å². The Morgan fingerprint density at radius 2 is 2.26 bits per heavy atom. The van der Waals surface area contributed by atoms with Crippen molar-refractivity contribution >= 4 is 11.6 Å². The van der Waals surface area contributed by atoms with Gasteiger partial charge in [-0.05, 0) is 37.3 Å². The Bertz CT molecular complexity index is 693. The molecular weight excluding hydrogens is 290 g/mol. The van der Waals surface area contributed by atoms with Crippen LogP contribution in [-0.2, 0) is 0 Å². The maximum absolute atomic E-state index is 12.4. The largest absolute Gasteiger partial charge is 0.352 e. The first-order chi connectivity index (χ1) is 11.0. The molecule has 2 aromatic rings. The molecule has 1 N–H and O–H groups in total. The summed E-state index contributed by atoms with van der Waals surface area (Å²) in [5.41, 5.74) is 2.17.